The van der Waals surface area contributed by atoms with Crippen molar-refractivity contribution in [2.24, 2.45) is 0 Å². The number of carbonyl (C=O) groups is 1. The minimum Gasteiger partial charge on any atom is -0.504 e. The summed E-state index contributed by atoms with van der Waals surface area (Å²) in [5, 5.41) is 21.4. The van der Waals surface area contributed by atoms with Gasteiger partial charge < -0.3 is 15.5 Å². The fraction of sp³-hybridized carbons (Fsp3) is 0.235. The Morgan fingerprint density at radius 2 is 1.78 bits per heavy atom. The van der Waals surface area contributed by atoms with E-state index < -0.39 is 0 Å². The van der Waals surface area contributed by atoms with E-state index in [2.05, 4.69) is 15.3 Å². The van der Waals surface area contributed by atoms with Crippen LogP contribution in [0.15, 0.2) is 24.3 Å². The molecule has 0 fully saturated rings. The zero-order chi connectivity index (χ0) is 17.0. The number of aryl methyl sites for hydroxylation is 3. The Kier molecular flexibility index (Phi) is 4.95. The van der Waals surface area contributed by atoms with Gasteiger partial charge in [0, 0.05) is 6.08 Å². The average molecular weight is 313 g/mol. The maximum Gasteiger partial charge on any atom is 0.244 e. The summed E-state index contributed by atoms with van der Waals surface area (Å²) in [6, 6.07) is 4.33. The van der Waals surface area contributed by atoms with Crippen molar-refractivity contribution in [1.29, 1.82) is 0 Å². The maximum atomic E-state index is 11.8. The van der Waals surface area contributed by atoms with E-state index in [1.807, 2.05) is 20.8 Å². The summed E-state index contributed by atoms with van der Waals surface area (Å²) in [7, 11) is 0. The molecule has 0 bridgehead atoms. The molecule has 0 spiro atoms. The second kappa shape index (κ2) is 6.91. The smallest absolute Gasteiger partial charge is 0.244 e. The molecule has 2 rings (SSSR count). The van der Waals surface area contributed by atoms with Gasteiger partial charge in [-0.2, -0.15) is 0 Å². The molecular weight excluding hydrogens is 294 g/mol. The number of benzene rings is 1. The van der Waals surface area contributed by atoms with Gasteiger partial charge in [0.2, 0.25) is 5.91 Å². The number of aromatic nitrogens is 2. The second-order valence-corrected chi connectivity index (χ2v) is 5.23. The van der Waals surface area contributed by atoms with Crippen LogP contribution in [0.4, 0.5) is 0 Å². The zero-order valence-corrected chi connectivity index (χ0v) is 13.3. The van der Waals surface area contributed by atoms with Crippen molar-refractivity contribution < 1.29 is 15.0 Å². The molecule has 0 aliphatic heterocycles. The average Bonchev–Trinajstić information content (AvgIpc) is 2.50. The van der Waals surface area contributed by atoms with Gasteiger partial charge in [-0.05, 0) is 44.5 Å². The number of phenolic OH excluding ortho intramolecular Hbond substituents is 2. The van der Waals surface area contributed by atoms with Crippen LogP contribution in [0.3, 0.4) is 0 Å². The number of nitrogens with zero attached hydrogens (tertiary/aromatic N) is 2. The molecule has 3 N–H and O–H groups in total. The van der Waals surface area contributed by atoms with E-state index in [4.69, 9.17) is 0 Å². The highest BCUT2D eigenvalue weighted by Crippen LogP contribution is 2.25. The van der Waals surface area contributed by atoms with Crippen LogP contribution in [0.5, 0.6) is 11.5 Å². The van der Waals surface area contributed by atoms with Gasteiger partial charge in [-0.15, -0.1) is 0 Å². The molecule has 6 heteroatoms. The molecule has 0 aliphatic carbocycles. The lowest BCUT2D eigenvalue weighted by molar-refractivity contribution is -0.116. The van der Waals surface area contributed by atoms with E-state index >= 15 is 0 Å². The first-order valence-corrected chi connectivity index (χ1v) is 7.15. The third-order valence-corrected chi connectivity index (χ3v) is 3.44. The summed E-state index contributed by atoms with van der Waals surface area (Å²) in [4.78, 5) is 20.6. The van der Waals surface area contributed by atoms with Gasteiger partial charge in [-0.3, -0.25) is 14.8 Å². The first-order valence-electron chi connectivity index (χ1n) is 7.15. The molecular formula is C17H19N3O3. The highest BCUT2D eigenvalue weighted by Gasteiger charge is 2.06. The summed E-state index contributed by atoms with van der Waals surface area (Å²) in [5.41, 5.74) is 3.86. The van der Waals surface area contributed by atoms with E-state index in [1.54, 1.807) is 12.1 Å². The standard InChI is InChI=1S/C17H19N3O3/c1-10-11(2)20-14(12(3)19-10)9-18-17(23)7-5-13-4-6-15(21)16(22)8-13/h4-8,21-22H,9H2,1-3H3,(H,18,23)/b7-5+. The minimum atomic E-state index is -0.281. The molecule has 0 radical (unpaired) electrons. The Morgan fingerprint density at radius 1 is 1.09 bits per heavy atom. The fourth-order valence-corrected chi connectivity index (χ4v) is 1.97. The number of nitrogens with one attached hydrogen (secondary N) is 1. The van der Waals surface area contributed by atoms with Crippen molar-refractivity contribution in [2.75, 3.05) is 0 Å². The first-order chi connectivity index (χ1) is 10.9. The van der Waals surface area contributed by atoms with Crippen LogP contribution in [-0.4, -0.2) is 26.1 Å². The van der Waals surface area contributed by atoms with E-state index in [9.17, 15) is 15.0 Å². The topological polar surface area (TPSA) is 95.3 Å². The number of aromatic hydroxyl groups is 2. The molecule has 0 saturated carbocycles. The van der Waals surface area contributed by atoms with E-state index in [1.165, 1.54) is 18.2 Å². The number of hydrogen-bond acceptors (Lipinski definition) is 5. The normalized spacial score (nSPS) is 10.9. The molecule has 1 amide bonds. The van der Waals surface area contributed by atoms with Gasteiger partial charge >= 0.3 is 0 Å². The predicted molar refractivity (Wildman–Crippen MR) is 86.9 cm³/mol. The van der Waals surface area contributed by atoms with Gasteiger partial charge in [0.05, 0.1) is 29.3 Å². The van der Waals surface area contributed by atoms with E-state index in [-0.39, 0.29) is 17.4 Å². The molecule has 1 aromatic heterocycles. The monoisotopic (exact) mass is 313 g/mol. The first kappa shape index (κ1) is 16.5. The van der Waals surface area contributed by atoms with Crippen molar-refractivity contribution in [2.45, 2.75) is 27.3 Å². The Morgan fingerprint density at radius 3 is 2.48 bits per heavy atom. The SMILES string of the molecule is Cc1nc(C)c(CNC(=O)/C=C/c2ccc(O)c(O)c2)nc1C. The third kappa shape index (κ3) is 4.29. The number of rotatable bonds is 4. The second-order valence-electron chi connectivity index (χ2n) is 5.23. The Bertz CT molecular complexity index is 770. The van der Waals surface area contributed by atoms with Gasteiger partial charge in [-0.1, -0.05) is 6.07 Å². The highest BCUT2D eigenvalue weighted by molar-refractivity contribution is 5.91. The minimum absolute atomic E-state index is 0.199. The van der Waals surface area contributed by atoms with Gasteiger partial charge in [0.1, 0.15) is 0 Å². The molecule has 2 aromatic rings. The fourth-order valence-electron chi connectivity index (χ4n) is 1.97. The van der Waals surface area contributed by atoms with Crippen molar-refractivity contribution >= 4 is 12.0 Å². The number of carbonyl (C=O) groups excluding carboxylic acids is 1. The summed E-state index contributed by atoms with van der Waals surface area (Å²) >= 11 is 0. The third-order valence-electron chi connectivity index (χ3n) is 3.44. The van der Waals surface area contributed by atoms with E-state index in [0.717, 1.165) is 22.8 Å². The van der Waals surface area contributed by atoms with Crippen molar-refractivity contribution in [3.8, 4) is 11.5 Å². The summed E-state index contributed by atoms with van der Waals surface area (Å²) in [6.07, 6.45) is 2.91. The lowest BCUT2D eigenvalue weighted by Crippen LogP contribution is -2.22. The van der Waals surface area contributed by atoms with Gasteiger partial charge in [0.15, 0.2) is 11.5 Å². The summed E-state index contributed by atoms with van der Waals surface area (Å²) in [6.45, 7) is 5.93. The largest absolute Gasteiger partial charge is 0.504 e. The maximum absolute atomic E-state index is 11.8. The summed E-state index contributed by atoms with van der Waals surface area (Å²) in [5.74, 6) is -0.707. The molecule has 23 heavy (non-hydrogen) atoms. The van der Waals surface area contributed by atoms with Crippen LogP contribution in [0.25, 0.3) is 6.08 Å². The van der Waals surface area contributed by atoms with Crippen LogP contribution >= 0.6 is 0 Å². The van der Waals surface area contributed by atoms with Crippen LogP contribution < -0.4 is 5.32 Å². The number of hydrogen-bond donors (Lipinski definition) is 3. The van der Waals surface area contributed by atoms with Gasteiger partial charge in [-0.25, -0.2) is 0 Å². The predicted octanol–water partition coefficient (Wildman–Crippen LogP) is 2.14. The lowest BCUT2D eigenvalue weighted by Gasteiger charge is -2.08. The summed E-state index contributed by atoms with van der Waals surface area (Å²) < 4.78 is 0. The quantitative estimate of drug-likeness (QED) is 0.594. The Hall–Kier alpha value is -2.89. The molecule has 120 valence electrons. The molecule has 0 aliphatic rings. The van der Waals surface area contributed by atoms with Crippen LogP contribution in [0.2, 0.25) is 0 Å². The molecule has 1 aromatic carbocycles. The molecule has 0 saturated heterocycles. The van der Waals surface area contributed by atoms with E-state index in [0.29, 0.717) is 12.1 Å². The highest BCUT2D eigenvalue weighted by atomic mass is 16.3. The Balaban J connectivity index is 1.98. The molecule has 1 heterocycles. The molecule has 0 unspecified atom stereocenters. The van der Waals surface area contributed by atoms with Crippen molar-refractivity contribution in [3.05, 3.63) is 52.6 Å². The van der Waals surface area contributed by atoms with Crippen molar-refractivity contribution in [3.63, 3.8) is 0 Å². The van der Waals surface area contributed by atoms with Crippen LogP contribution in [-0.2, 0) is 11.3 Å². The number of amides is 1. The Labute approximate surface area is 134 Å². The van der Waals surface area contributed by atoms with Crippen LogP contribution in [0.1, 0.15) is 28.3 Å². The van der Waals surface area contributed by atoms with Crippen molar-refractivity contribution in [1.82, 2.24) is 15.3 Å². The molecule has 0 atom stereocenters. The molecule has 6 nitrogen and oxygen atoms in total. The zero-order valence-electron chi connectivity index (χ0n) is 13.3. The van der Waals surface area contributed by atoms with Gasteiger partial charge in [0.25, 0.3) is 0 Å². The number of phenols is 2. The van der Waals surface area contributed by atoms with Crippen LogP contribution in [0, 0.1) is 20.8 Å². The lowest BCUT2D eigenvalue weighted by atomic mass is 10.2.